The Bertz CT molecular complexity index is 849. The molecule has 0 spiro atoms. The van der Waals surface area contributed by atoms with E-state index in [-0.39, 0.29) is 22.3 Å². The lowest BCUT2D eigenvalue weighted by Crippen LogP contribution is -2.36. The molecule has 3 nitrogen and oxygen atoms in total. The molecular weight excluding hydrogens is 356 g/mol. The minimum absolute atomic E-state index is 0.102. The van der Waals surface area contributed by atoms with Crippen LogP contribution in [-0.4, -0.2) is 14.5 Å². The summed E-state index contributed by atoms with van der Waals surface area (Å²) in [5.74, 6) is 0.542. The first kappa shape index (κ1) is 20.1. The predicted molar refractivity (Wildman–Crippen MR) is 109 cm³/mol. The molecule has 0 aliphatic heterocycles. The van der Waals surface area contributed by atoms with Crippen LogP contribution in [0.15, 0.2) is 59.5 Å². The van der Waals surface area contributed by atoms with E-state index >= 15 is 0 Å². The Kier molecular flexibility index (Phi) is 5.78. The molecule has 146 valence electrons. The van der Waals surface area contributed by atoms with Gasteiger partial charge in [-0.2, -0.15) is 8.42 Å². The van der Waals surface area contributed by atoms with E-state index in [1.54, 1.807) is 12.1 Å². The molecular formula is C23H30O3S. The van der Waals surface area contributed by atoms with E-state index < -0.39 is 10.1 Å². The molecule has 0 N–H and O–H groups in total. The summed E-state index contributed by atoms with van der Waals surface area (Å²) in [7, 11) is -3.79. The van der Waals surface area contributed by atoms with Crippen molar-refractivity contribution in [1.29, 1.82) is 0 Å². The van der Waals surface area contributed by atoms with Gasteiger partial charge in [0, 0.05) is 5.92 Å². The largest absolute Gasteiger partial charge is 0.297 e. The van der Waals surface area contributed by atoms with Crippen LogP contribution in [0, 0.1) is 18.3 Å². The second-order valence-electron chi connectivity index (χ2n) is 8.80. The maximum atomic E-state index is 12.9. The average molecular weight is 387 g/mol. The SMILES string of the molecule is Cc1ccc(S(=O)(=O)OC2CC(C(C)(C)C)CCC2c2ccccc2)cc1. The zero-order valence-electron chi connectivity index (χ0n) is 16.7. The normalized spacial score (nSPS) is 23.9. The van der Waals surface area contributed by atoms with Gasteiger partial charge in [0.1, 0.15) is 0 Å². The van der Waals surface area contributed by atoms with Gasteiger partial charge in [0.25, 0.3) is 10.1 Å². The molecule has 0 radical (unpaired) electrons. The van der Waals surface area contributed by atoms with Crippen molar-refractivity contribution < 1.29 is 12.6 Å². The summed E-state index contributed by atoms with van der Waals surface area (Å²) in [6, 6.07) is 17.1. The quantitative estimate of drug-likeness (QED) is 0.633. The van der Waals surface area contributed by atoms with E-state index in [9.17, 15) is 8.42 Å². The van der Waals surface area contributed by atoms with Crippen molar-refractivity contribution in [3.63, 3.8) is 0 Å². The van der Waals surface area contributed by atoms with Gasteiger partial charge >= 0.3 is 0 Å². The highest BCUT2D eigenvalue weighted by Gasteiger charge is 2.39. The Morgan fingerprint density at radius 1 is 0.926 bits per heavy atom. The minimum Gasteiger partial charge on any atom is -0.262 e. The number of rotatable bonds is 4. The smallest absolute Gasteiger partial charge is 0.262 e. The van der Waals surface area contributed by atoms with Gasteiger partial charge in [0.05, 0.1) is 11.0 Å². The van der Waals surface area contributed by atoms with Crippen LogP contribution >= 0.6 is 0 Å². The maximum Gasteiger partial charge on any atom is 0.297 e. The Morgan fingerprint density at radius 2 is 1.56 bits per heavy atom. The Balaban J connectivity index is 1.89. The third-order valence-electron chi connectivity index (χ3n) is 5.80. The molecule has 1 fully saturated rings. The molecule has 3 unspecified atom stereocenters. The molecule has 0 heterocycles. The van der Waals surface area contributed by atoms with Crippen molar-refractivity contribution in [1.82, 2.24) is 0 Å². The van der Waals surface area contributed by atoms with E-state index in [0.717, 1.165) is 30.4 Å². The van der Waals surface area contributed by atoms with Gasteiger partial charge in [-0.25, -0.2) is 0 Å². The van der Waals surface area contributed by atoms with Crippen molar-refractivity contribution in [2.24, 2.45) is 11.3 Å². The van der Waals surface area contributed by atoms with Crippen LogP contribution in [-0.2, 0) is 14.3 Å². The lowest BCUT2D eigenvalue weighted by molar-refractivity contribution is 0.0612. The van der Waals surface area contributed by atoms with Crippen LogP contribution < -0.4 is 0 Å². The summed E-state index contributed by atoms with van der Waals surface area (Å²) >= 11 is 0. The fraction of sp³-hybridized carbons (Fsp3) is 0.478. The van der Waals surface area contributed by atoms with E-state index in [2.05, 4.69) is 32.9 Å². The van der Waals surface area contributed by atoms with Crippen LogP contribution in [0.2, 0.25) is 0 Å². The number of benzene rings is 2. The molecule has 1 saturated carbocycles. The first-order chi connectivity index (χ1) is 12.7. The second kappa shape index (κ2) is 7.76. The van der Waals surface area contributed by atoms with Crippen LogP contribution in [0.1, 0.15) is 57.1 Å². The van der Waals surface area contributed by atoms with Gasteiger partial charge < -0.3 is 0 Å². The van der Waals surface area contributed by atoms with E-state index in [0.29, 0.717) is 5.92 Å². The van der Waals surface area contributed by atoms with Crippen molar-refractivity contribution in [3.8, 4) is 0 Å². The summed E-state index contributed by atoms with van der Waals surface area (Å²) in [5, 5.41) is 0. The van der Waals surface area contributed by atoms with Gasteiger partial charge in [0.15, 0.2) is 0 Å². The highest BCUT2D eigenvalue weighted by atomic mass is 32.2. The van der Waals surface area contributed by atoms with E-state index in [4.69, 9.17) is 4.18 Å². The summed E-state index contributed by atoms with van der Waals surface area (Å²) in [6.45, 7) is 8.63. The van der Waals surface area contributed by atoms with Crippen LogP contribution in [0.4, 0.5) is 0 Å². The van der Waals surface area contributed by atoms with Crippen molar-refractivity contribution in [2.75, 3.05) is 0 Å². The van der Waals surface area contributed by atoms with Gasteiger partial charge in [-0.3, -0.25) is 4.18 Å². The van der Waals surface area contributed by atoms with Crippen LogP contribution in [0.25, 0.3) is 0 Å². The van der Waals surface area contributed by atoms with Crippen molar-refractivity contribution in [2.45, 2.75) is 63.9 Å². The fourth-order valence-electron chi connectivity index (χ4n) is 4.03. The topological polar surface area (TPSA) is 43.4 Å². The molecule has 3 rings (SSSR count). The standard InChI is InChI=1S/C23H30O3S/c1-17-10-13-20(14-11-17)27(24,25)26-22-16-19(23(2,3)4)12-15-21(22)18-8-6-5-7-9-18/h5-11,13-14,19,21-22H,12,15-16H2,1-4H3. The summed E-state index contributed by atoms with van der Waals surface area (Å²) < 4.78 is 31.7. The first-order valence-electron chi connectivity index (χ1n) is 9.72. The maximum absolute atomic E-state index is 12.9. The third kappa shape index (κ3) is 4.80. The molecule has 3 atom stereocenters. The van der Waals surface area contributed by atoms with Crippen LogP contribution in [0.3, 0.4) is 0 Å². The Morgan fingerprint density at radius 3 is 2.15 bits per heavy atom. The average Bonchev–Trinajstić information content (AvgIpc) is 2.62. The predicted octanol–water partition coefficient (Wildman–Crippen LogP) is 5.70. The number of hydrogen-bond acceptors (Lipinski definition) is 3. The van der Waals surface area contributed by atoms with Crippen molar-refractivity contribution in [3.05, 3.63) is 65.7 Å². The van der Waals surface area contributed by atoms with Crippen molar-refractivity contribution >= 4 is 10.1 Å². The second-order valence-corrected chi connectivity index (χ2v) is 10.4. The summed E-state index contributed by atoms with van der Waals surface area (Å²) in [4.78, 5) is 0.234. The lowest BCUT2D eigenvalue weighted by atomic mass is 9.67. The molecule has 2 aromatic rings. The van der Waals surface area contributed by atoms with Gasteiger partial charge in [-0.15, -0.1) is 0 Å². The molecule has 4 heteroatoms. The molecule has 2 aromatic carbocycles. The lowest BCUT2D eigenvalue weighted by Gasteiger charge is -2.41. The zero-order chi connectivity index (χ0) is 19.7. The molecule has 1 aliphatic rings. The minimum atomic E-state index is -3.79. The molecule has 27 heavy (non-hydrogen) atoms. The zero-order valence-corrected chi connectivity index (χ0v) is 17.5. The Labute approximate surface area is 163 Å². The molecule has 1 aliphatic carbocycles. The van der Waals surface area contributed by atoms with Gasteiger partial charge in [-0.05, 0) is 55.2 Å². The first-order valence-corrected chi connectivity index (χ1v) is 11.1. The summed E-state index contributed by atoms with van der Waals surface area (Å²) in [5.41, 5.74) is 2.33. The fourth-order valence-corrected chi connectivity index (χ4v) is 5.15. The van der Waals surface area contributed by atoms with Gasteiger partial charge in [-0.1, -0.05) is 68.8 Å². The number of hydrogen-bond donors (Lipinski definition) is 0. The highest BCUT2D eigenvalue weighted by molar-refractivity contribution is 7.86. The molecule has 0 aromatic heterocycles. The Hall–Kier alpha value is -1.65. The highest BCUT2D eigenvalue weighted by Crippen LogP contribution is 2.45. The van der Waals surface area contributed by atoms with Crippen LogP contribution in [0.5, 0.6) is 0 Å². The van der Waals surface area contributed by atoms with E-state index in [1.807, 2.05) is 37.3 Å². The number of aryl methyl sites for hydroxylation is 1. The monoisotopic (exact) mass is 386 g/mol. The summed E-state index contributed by atoms with van der Waals surface area (Å²) in [6.07, 6.45) is 2.46. The van der Waals surface area contributed by atoms with E-state index in [1.165, 1.54) is 0 Å². The molecule has 0 amide bonds. The third-order valence-corrected chi connectivity index (χ3v) is 7.15. The van der Waals surface area contributed by atoms with Gasteiger partial charge in [0.2, 0.25) is 0 Å². The molecule has 0 bridgehead atoms. The molecule has 0 saturated heterocycles.